The molecule has 0 N–H and O–H groups in total. The van der Waals surface area contributed by atoms with Crippen LogP contribution in [0.1, 0.15) is 90.2 Å². The molecule has 0 amide bonds. The second-order valence-electron chi connectivity index (χ2n) is 11.9. The maximum atomic E-state index is 5.85. The Labute approximate surface area is 254 Å². The van der Waals surface area contributed by atoms with E-state index in [0.717, 1.165) is 80.5 Å². The molecule has 4 rings (SSSR count). The van der Waals surface area contributed by atoms with Gasteiger partial charge in [0, 0.05) is 17.7 Å². The van der Waals surface area contributed by atoms with Crippen LogP contribution in [0.3, 0.4) is 0 Å². The van der Waals surface area contributed by atoms with Gasteiger partial charge in [-0.25, -0.2) is 0 Å². The zero-order valence-electron chi connectivity index (χ0n) is 25.4. The van der Waals surface area contributed by atoms with E-state index < -0.39 is 8.80 Å². The Hall–Kier alpha value is -1.02. The minimum Gasteiger partial charge on any atom is -0.353 e. The summed E-state index contributed by atoms with van der Waals surface area (Å²) < 4.78 is 23.8. The van der Waals surface area contributed by atoms with Crippen LogP contribution in [0.5, 0.6) is 0 Å². The van der Waals surface area contributed by atoms with Crippen molar-refractivity contribution in [2.24, 2.45) is 0 Å². The average Bonchev–Trinajstić information content (AvgIpc) is 2.95. The summed E-state index contributed by atoms with van der Waals surface area (Å²) in [5.41, 5.74) is 4.45. The molecule has 2 heterocycles. The van der Waals surface area contributed by atoms with E-state index in [1.54, 1.807) is 5.19 Å². The molecule has 2 atom stereocenters. The van der Waals surface area contributed by atoms with E-state index in [1.165, 1.54) is 36.8 Å². The van der Waals surface area contributed by atoms with Crippen molar-refractivity contribution in [2.45, 2.75) is 116 Å². The number of ether oxygens (including phenoxy) is 4. The zero-order valence-corrected chi connectivity index (χ0v) is 28.2. The van der Waals surface area contributed by atoms with E-state index >= 15 is 0 Å². The van der Waals surface area contributed by atoms with Gasteiger partial charge in [-0.15, -0.1) is 0 Å². The Bertz CT molecular complexity index is 933. The van der Waals surface area contributed by atoms with Crippen molar-refractivity contribution >= 4 is 29.9 Å². The molecule has 40 heavy (non-hydrogen) atoms. The quantitative estimate of drug-likeness (QED) is 0.164. The Morgan fingerprint density at radius 3 is 1.75 bits per heavy atom. The minimum absolute atomic E-state index is 0.0475. The minimum atomic E-state index is -0.882. The predicted molar refractivity (Wildman–Crippen MR) is 173 cm³/mol. The molecule has 0 saturated carbocycles. The third-order valence-corrected chi connectivity index (χ3v) is 12.3. The molecule has 2 aliphatic heterocycles. The SMILES string of the molecule is Brc1cccc(CCCOC2CCCCO2)c1.CC(C)[SiH](c1cccc(CCCOC2CCCCO2)c1)C(C)C. The third kappa shape index (κ3) is 12.9. The molecule has 0 spiro atoms. The molecule has 224 valence electrons. The summed E-state index contributed by atoms with van der Waals surface area (Å²) in [4.78, 5) is 0. The van der Waals surface area contributed by atoms with E-state index in [2.05, 4.69) is 92.2 Å². The second kappa shape index (κ2) is 19.2. The first-order valence-corrected chi connectivity index (χ1v) is 18.4. The molecule has 0 bridgehead atoms. The van der Waals surface area contributed by atoms with Gasteiger partial charge in [-0.3, -0.25) is 0 Å². The number of hydrogen-bond donors (Lipinski definition) is 0. The molecule has 2 fully saturated rings. The van der Waals surface area contributed by atoms with Gasteiger partial charge in [0.1, 0.15) is 0 Å². The van der Waals surface area contributed by atoms with Gasteiger partial charge in [-0.05, 0) is 98.6 Å². The first-order valence-electron chi connectivity index (χ1n) is 15.7. The molecule has 6 heteroatoms. The van der Waals surface area contributed by atoms with Gasteiger partial charge in [-0.2, -0.15) is 0 Å². The van der Waals surface area contributed by atoms with Crippen LogP contribution >= 0.6 is 15.9 Å². The van der Waals surface area contributed by atoms with Crippen molar-refractivity contribution in [3.05, 3.63) is 64.1 Å². The summed E-state index contributed by atoms with van der Waals surface area (Å²) in [6.07, 6.45) is 11.3. The van der Waals surface area contributed by atoms with E-state index in [-0.39, 0.29) is 12.6 Å². The maximum absolute atomic E-state index is 5.85. The van der Waals surface area contributed by atoms with E-state index in [4.69, 9.17) is 18.9 Å². The fraction of sp³-hybridized carbons (Fsp3) is 0.647. The van der Waals surface area contributed by atoms with Crippen LogP contribution in [-0.4, -0.2) is 47.8 Å². The molecule has 4 nitrogen and oxygen atoms in total. The van der Waals surface area contributed by atoms with Crippen LogP contribution in [0.25, 0.3) is 0 Å². The summed E-state index contributed by atoms with van der Waals surface area (Å²) in [6.45, 7) is 12.9. The molecule has 2 aliphatic rings. The summed E-state index contributed by atoms with van der Waals surface area (Å²) in [6, 6.07) is 17.8. The van der Waals surface area contributed by atoms with Gasteiger partial charge in [0.15, 0.2) is 12.6 Å². The van der Waals surface area contributed by atoms with Gasteiger partial charge in [-0.1, -0.05) is 85.2 Å². The first-order chi connectivity index (χ1) is 19.4. The van der Waals surface area contributed by atoms with Crippen LogP contribution in [0.2, 0.25) is 11.1 Å². The molecule has 2 saturated heterocycles. The number of aryl methyl sites for hydroxylation is 2. The largest absolute Gasteiger partial charge is 0.353 e. The summed E-state index contributed by atoms with van der Waals surface area (Å²) >= 11 is 3.48. The lowest BCUT2D eigenvalue weighted by Gasteiger charge is -2.24. The molecule has 0 aliphatic carbocycles. The van der Waals surface area contributed by atoms with Crippen LogP contribution in [0.4, 0.5) is 0 Å². The number of halogens is 1. The lowest BCUT2D eigenvalue weighted by Crippen LogP contribution is -2.36. The van der Waals surface area contributed by atoms with E-state index in [0.29, 0.717) is 0 Å². The van der Waals surface area contributed by atoms with Crippen molar-refractivity contribution in [2.75, 3.05) is 26.4 Å². The lowest BCUT2D eigenvalue weighted by atomic mass is 10.1. The van der Waals surface area contributed by atoms with Crippen molar-refractivity contribution < 1.29 is 18.9 Å². The van der Waals surface area contributed by atoms with E-state index in [9.17, 15) is 0 Å². The average molecular weight is 634 g/mol. The van der Waals surface area contributed by atoms with Gasteiger partial charge in [0.2, 0.25) is 0 Å². The Morgan fingerprint density at radius 1 is 0.750 bits per heavy atom. The maximum Gasteiger partial charge on any atom is 0.157 e. The normalized spacial score (nSPS) is 19.6. The number of hydrogen-bond acceptors (Lipinski definition) is 4. The molecular formula is C34H53BrO4Si. The van der Waals surface area contributed by atoms with Gasteiger partial charge in [0.05, 0.1) is 22.0 Å². The van der Waals surface area contributed by atoms with Gasteiger partial charge < -0.3 is 18.9 Å². The van der Waals surface area contributed by atoms with Crippen molar-refractivity contribution in [3.63, 3.8) is 0 Å². The molecule has 0 radical (unpaired) electrons. The molecule has 0 aromatic heterocycles. The Morgan fingerprint density at radius 2 is 1.27 bits per heavy atom. The monoisotopic (exact) mass is 632 g/mol. The van der Waals surface area contributed by atoms with Crippen molar-refractivity contribution in [1.29, 1.82) is 0 Å². The third-order valence-electron chi connectivity index (χ3n) is 7.76. The highest BCUT2D eigenvalue weighted by Gasteiger charge is 2.21. The molecule has 2 aromatic rings. The molecule has 2 aromatic carbocycles. The lowest BCUT2D eigenvalue weighted by molar-refractivity contribution is -0.162. The Balaban J connectivity index is 0.000000230. The van der Waals surface area contributed by atoms with Crippen LogP contribution < -0.4 is 5.19 Å². The molecular weight excluding hydrogens is 580 g/mol. The highest BCUT2D eigenvalue weighted by atomic mass is 79.9. The fourth-order valence-electron chi connectivity index (χ4n) is 5.86. The fourth-order valence-corrected chi connectivity index (χ4v) is 10.1. The van der Waals surface area contributed by atoms with E-state index in [1.807, 2.05) is 0 Å². The van der Waals surface area contributed by atoms with Gasteiger partial charge in [0.25, 0.3) is 0 Å². The van der Waals surface area contributed by atoms with Crippen LogP contribution in [0, 0.1) is 0 Å². The highest BCUT2D eigenvalue weighted by molar-refractivity contribution is 9.10. The number of benzene rings is 2. The second-order valence-corrected chi connectivity index (χ2v) is 17.2. The smallest absolute Gasteiger partial charge is 0.157 e. The topological polar surface area (TPSA) is 36.9 Å². The Kier molecular flexibility index (Phi) is 16.1. The standard InChI is InChI=1S/C20H34O2Si.C14H19BrO2/c1-16(2)23(17(3)4)19-11-7-9-18(15-19)10-8-14-22-20-12-5-6-13-21-20;15-13-7-3-5-12(11-13)6-4-10-17-14-8-1-2-9-16-14/h7,9,11,15-17,20,23H,5-6,8,10,12-14H2,1-4H3;3,5,7,11,14H,1-2,4,6,8-10H2. The van der Waals surface area contributed by atoms with Crippen molar-refractivity contribution in [3.8, 4) is 0 Å². The summed E-state index contributed by atoms with van der Waals surface area (Å²) in [5, 5.41) is 1.63. The highest BCUT2D eigenvalue weighted by Crippen LogP contribution is 2.21. The predicted octanol–water partition coefficient (Wildman–Crippen LogP) is 8.34. The summed E-state index contributed by atoms with van der Waals surface area (Å²) in [7, 11) is -0.882. The summed E-state index contributed by atoms with van der Waals surface area (Å²) in [5.74, 6) is 0. The molecule has 2 unspecified atom stereocenters. The number of rotatable bonds is 13. The first kappa shape index (κ1) is 33.5. The zero-order chi connectivity index (χ0) is 28.6. The van der Waals surface area contributed by atoms with Gasteiger partial charge >= 0.3 is 0 Å². The van der Waals surface area contributed by atoms with Crippen LogP contribution in [-0.2, 0) is 31.8 Å². The van der Waals surface area contributed by atoms with Crippen LogP contribution in [0.15, 0.2) is 53.0 Å². The van der Waals surface area contributed by atoms with Crippen molar-refractivity contribution in [1.82, 2.24) is 0 Å².